The molecule has 2 rings (SSSR count). The molecule has 1 aromatic carbocycles. The molecular weight excluding hydrogens is 316 g/mol. The molecule has 7 heteroatoms. The molecule has 1 aliphatic rings. The van der Waals surface area contributed by atoms with Gasteiger partial charge in [-0.3, -0.25) is 0 Å². The summed E-state index contributed by atoms with van der Waals surface area (Å²) < 4.78 is 15.6. The Morgan fingerprint density at radius 2 is 2.00 bits per heavy atom. The van der Waals surface area contributed by atoms with E-state index in [4.69, 9.17) is 26.4 Å². The molecule has 1 heterocycles. The van der Waals surface area contributed by atoms with Crippen molar-refractivity contribution in [3.05, 3.63) is 41.1 Å². The first-order chi connectivity index (χ1) is 11.1. The van der Waals surface area contributed by atoms with Gasteiger partial charge in [-0.25, -0.2) is 4.79 Å². The number of rotatable bonds is 6. The molecule has 1 aromatic rings. The van der Waals surface area contributed by atoms with Gasteiger partial charge in [0.05, 0.1) is 25.3 Å². The highest BCUT2D eigenvalue weighted by Gasteiger charge is 2.32. The van der Waals surface area contributed by atoms with E-state index in [1.165, 1.54) is 0 Å². The van der Waals surface area contributed by atoms with Crippen molar-refractivity contribution in [1.82, 2.24) is 10.6 Å². The van der Waals surface area contributed by atoms with Crippen molar-refractivity contribution < 1.29 is 19.0 Å². The number of para-hydroxylation sites is 1. The third kappa shape index (κ3) is 4.00. The molecule has 1 atom stereocenters. The number of allylic oxidation sites excluding steroid dienone is 1. The largest absolute Gasteiger partial charge is 0.496 e. The van der Waals surface area contributed by atoms with E-state index in [-0.39, 0.29) is 6.61 Å². The SMILES string of the molecule is COCCOC(=O)C1=C(C)NC(=S)N[C@H]1c1ccccc1OC. The average molecular weight is 336 g/mol. The molecule has 0 unspecified atom stereocenters. The van der Waals surface area contributed by atoms with Gasteiger partial charge in [0, 0.05) is 18.4 Å². The molecule has 0 fully saturated rings. The average Bonchev–Trinajstić information content (AvgIpc) is 2.54. The van der Waals surface area contributed by atoms with E-state index in [1.54, 1.807) is 21.1 Å². The number of hydrogen-bond donors (Lipinski definition) is 2. The van der Waals surface area contributed by atoms with Gasteiger partial charge in [-0.2, -0.15) is 0 Å². The number of nitrogens with one attached hydrogen (secondary N) is 2. The summed E-state index contributed by atoms with van der Waals surface area (Å²) in [6, 6.07) is 7.05. The minimum Gasteiger partial charge on any atom is -0.496 e. The maximum absolute atomic E-state index is 12.5. The first-order valence-electron chi connectivity index (χ1n) is 7.15. The van der Waals surface area contributed by atoms with Gasteiger partial charge < -0.3 is 24.8 Å². The maximum atomic E-state index is 12.5. The zero-order valence-corrected chi connectivity index (χ0v) is 14.2. The van der Waals surface area contributed by atoms with E-state index in [1.807, 2.05) is 24.3 Å². The number of esters is 1. The van der Waals surface area contributed by atoms with Crippen molar-refractivity contribution in [3.63, 3.8) is 0 Å². The predicted molar refractivity (Wildman–Crippen MR) is 90.1 cm³/mol. The van der Waals surface area contributed by atoms with Crippen LogP contribution in [0.5, 0.6) is 5.75 Å². The molecule has 2 N–H and O–H groups in total. The van der Waals surface area contributed by atoms with Gasteiger partial charge in [0.15, 0.2) is 5.11 Å². The van der Waals surface area contributed by atoms with E-state index in [0.29, 0.717) is 28.7 Å². The third-order valence-electron chi connectivity index (χ3n) is 3.46. The number of methoxy groups -OCH3 is 2. The van der Waals surface area contributed by atoms with E-state index in [0.717, 1.165) is 5.56 Å². The van der Waals surface area contributed by atoms with Crippen molar-refractivity contribution in [2.24, 2.45) is 0 Å². The number of benzene rings is 1. The number of thiocarbonyl (C=S) groups is 1. The summed E-state index contributed by atoms with van der Waals surface area (Å²) in [5, 5.41) is 6.53. The number of carbonyl (C=O) groups is 1. The fourth-order valence-corrected chi connectivity index (χ4v) is 2.67. The molecule has 0 amide bonds. The molecule has 0 aliphatic carbocycles. The standard InChI is InChI=1S/C16H20N2O4S/c1-10-13(15(19)22-9-8-20-2)14(18-16(23)17-10)11-6-4-5-7-12(11)21-3/h4-7,14H,8-9H2,1-3H3,(H2,17,18,23)/t14-/m0/s1. The van der Waals surface area contributed by atoms with Crippen molar-refractivity contribution in [2.75, 3.05) is 27.4 Å². The summed E-state index contributed by atoms with van der Waals surface area (Å²) in [5.74, 6) is 0.252. The fraction of sp³-hybridized carbons (Fsp3) is 0.375. The molecule has 0 saturated carbocycles. The normalized spacial score (nSPS) is 17.3. The first-order valence-corrected chi connectivity index (χ1v) is 7.56. The highest BCUT2D eigenvalue weighted by molar-refractivity contribution is 7.80. The molecule has 0 spiro atoms. The van der Waals surface area contributed by atoms with E-state index >= 15 is 0 Å². The zero-order chi connectivity index (χ0) is 16.8. The second-order valence-corrected chi connectivity index (χ2v) is 5.35. The predicted octanol–water partition coefficient (Wildman–Crippen LogP) is 1.68. The van der Waals surface area contributed by atoms with Crippen LogP contribution in [-0.4, -0.2) is 38.5 Å². The Kier molecular flexibility index (Phi) is 5.95. The summed E-state index contributed by atoms with van der Waals surface area (Å²) in [6.45, 7) is 2.33. The van der Waals surface area contributed by atoms with Crippen molar-refractivity contribution in [2.45, 2.75) is 13.0 Å². The number of ether oxygens (including phenoxy) is 3. The Morgan fingerprint density at radius 3 is 2.70 bits per heavy atom. The Hall–Kier alpha value is -2.12. The highest BCUT2D eigenvalue weighted by atomic mass is 32.1. The van der Waals surface area contributed by atoms with Crippen molar-refractivity contribution >= 4 is 23.3 Å². The Bertz CT molecular complexity index is 630. The minimum absolute atomic E-state index is 0.190. The monoisotopic (exact) mass is 336 g/mol. The van der Waals surface area contributed by atoms with E-state index in [2.05, 4.69) is 10.6 Å². The minimum atomic E-state index is -0.435. The quantitative estimate of drug-likeness (QED) is 0.465. The summed E-state index contributed by atoms with van der Waals surface area (Å²) in [7, 11) is 3.14. The lowest BCUT2D eigenvalue weighted by Gasteiger charge is -2.30. The molecule has 1 aliphatic heterocycles. The van der Waals surface area contributed by atoms with Gasteiger partial charge in [0.1, 0.15) is 12.4 Å². The van der Waals surface area contributed by atoms with Crippen LogP contribution in [0.3, 0.4) is 0 Å². The van der Waals surface area contributed by atoms with Crippen LogP contribution in [-0.2, 0) is 14.3 Å². The lowest BCUT2D eigenvalue weighted by atomic mass is 9.95. The second kappa shape index (κ2) is 7.94. The van der Waals surface area contributed by atoms with E-state index < -0.39 is 12.0 Å². The van der Waals surface area contributed by atoms with Gasteiger partial charge in [-0.15, -0.1) is 0 Å². The Labute approximate surface area is 140 Å². The molecule has 0 aromatic heterocycles. The van der Waals surface area contributed by atoms with Crippen LogP contribution in [0.25, 0.3) is 0 Å². The van der Waals surface area contributed by atoms with Crippen molar-refractivity contribution in [3.8, 4) is 5.75 Å². The molecule has 0 radical (unpaired) electrons. The van der Waals surface area contributed by atoms with Crippen LogP contribution in [0.15, 0.2) is 35.5 Å². The van der Waals surface area contributed by atoms with Crippen LogP contribution in [0, 0.1) is 0 Å². The number of hydrogen-bond acceptors (Lipinski definition) is 5. The first kappa shape index (κ1) is 17.2. The van der Waals surface area contributed by atoms with Crippen molar-refractivity contribution in [1.29, 1.82) is 0 Å². The smallest absolute Gasteiger partial charge is 0.338 e. The molecule has 0 saturated heterocycles. The molecule has 0 bridgehead atoms. The van der Waals surface area contributed by atoms with Crippen LogP contribution >= 0.6 is 12.2 Å². The Balaban J connectivity index is 2.36. The second-order valence-electron chi connectivity index (χ2n) is 4.94. The lowest BCUT2D eigenvalue weighted by Crippen LogP contribution is -2.45. The summed E-state index contributed by atoms with van der Waals surface area (Å²) in [4.78, 5) is 12.5. The summed E-state index contributed by atoms with van der Waals surface area (Å²) >= 11 is 5.22. The van der Waals surface area contributed by atoms with Crippen LogP contribution in [0.1, 0.15) is 18.5 Å². The summed E-state index contributed by atoms with van der Waals surface area (Å²) in [5.41, 5.74) is 1.95. The van der Waals surface area contributed by atoms with Gasteiger partial charge in [-0.1, -0.05) is 18.2 Å². The third-order valence-corrected chi connectivity index (χ3v) is 3.68. The van der Waals surface area contributed by atoms with Crippen LogP contribution < -0.4 is 15.4 Å². The van der Waals surface area contributed by atoms with Gasteiger partial charge in [0.25, 0.3) is 0 Å². The lowest BCUT2D eigenvalue weighted by molar-refractivity contribution is -0.140. The van der Waals surface area contributed by atoms with Crippen LogP contribution in [0.2, 0.25) is 0 Å². The molecule has 6 nitrogen and oxygen atoms in total. The summed E-state index contributed by atoms with van der Waals surface area (Å²) in [6.07, 6.45) is 0. The Morgan fingerprint density at radius 1 is 1.26 bits per heavy atom. The zero-order valence-electron chi connectivity index (χ0n) is 13.3. The van der Waals surface area contributed by atoms with Gasteiger partial charge in [-0.05, 0) is 25.2 Å². The highest BCUT2D eigenvalue weighted by Crippen LogP contribution is 2.33. The van der Waals surface area contributed by atoms with E-state index in [9.17, 15) is 4.79 Å². The topological polar surface area (TPSA) is 68.8 Å². The van der Waals surface area contributed by atoms with Gasteiger partial charge >= 0.3 is 5.97 Å². The molecule has 124 valence electrons. The fourth-order valence-electron chi connectivity index (χ4n) is 2.40. The maximum Gasteiger partial charge on any atom is 0.338 e. The van der Waals surface area contributed by atoms with Gasteiger partial charge in [0.2, 0.25) is 0 Å². The molecule has 23 heavy (non-hydrogen) atoms. The molecular formula is C16H20N2O4S. The van der Waals surface area contributed by atoms with Crippen LogP contribution in [0.4, 0.5) is 0 Å². The number of carbonyl (C=O) groups excluding carboxylic acids is 1.